The molecule has 0 radical (unpaired) electrons. The molecule has 9 nitrogen and oxygen atoms in total. The van der Waals surface area contributed by atoms with Crippen LogP contribution in [0.3, 0.4) is 0 Å². The number of carbonyl (C=O) groups is 3. The second-order valence-corrected chi connectivity index (χ2v) is 4.86. The summed E-state index contributed by atoms with van der Waals surface area (Å²) in [5.41, 5.74) is 0.316. The smallest absolute Gasteiger partial charge is 0.309 e. The summed E-state index contributed by atoms with van der Waals surface area (Å²) < 4.78 is 1.33. The molecular formula is C12H17N5O4. The van der Waals surface area contributed by atoms with E-state index >= 15 is 0 Å². The average molecular weight is 295 g/mol. The standard InChI is InChI=1S/C12H17N5O4/c1-9(18)15-2-4-16(5-3-15)11(19)8-17-7-10(13-14-17)6-12(20)21/h7H,2-6,8H2,1H3,(H,20,21). The van der Waals surface area contributed by atoms with Crippen molar-refractivity contribution in [2.24, 2.45) is 0 Å². The van der Waals surface area contributed by atoms with Crippen LogP contribution in [0.1, 0.15) is 12.6 Å². The summed E-state index contributed by atoms with van der Waals surface area (Å²) >= 11 is 0. The van der Waals surface area contributed by atoms with Gasteiger partial charge in [-0.05, 0) is 0 Å². The fraction of sp³-hybridized carbons (Fsp3) is 0.583. The molecule has 9 heteroatoms. The van der Waals surface area contributed by atoms with Crippen LogP contribution in [0.5, 0.6) is 0 Å². The van der Waals surface area contributed by atoms with Gasteiger partial charge in [-0.2, -0.15) is 0 Å². The number of aliphatic carboxylic acids is 1. The third-order valence-electron chi connectivity index (χ3n) is 3.29. The second kappa shape index (κ2) is 6.33. The first kappa shape index (κ1) is 14.9. The fourth-order valence-electron chi connectivity index (χ4n) is 2.16. The summed E-state index contributed by atoms with van der Waals surface area (Å²) in [6.07, 6.45) is 1.24. The number of carbonyl (C=O) groups excluding carboxylic acids is 2. The molecule has 114 valence electrons. The summed E-state index contributed by atoms with van der Waals surface area (Å²) in [5, 5.41) is 16.1. The predicted molar refractivity (Wildman–Crippen MR) is 70.2 cm³/mol. The average Bonchev–Trinajstić information content (AvgIpc) is 2.85. The number of piperazine rings is 1. The van der Waals surface area contributed by atoms with Gasteiger partial charge in [0.15, 0.2) is 0 Å². The number of carboxylic acid groups (broad SMARTS) is 1. The van der Waals surface area contributed by atoms with E-state index in [9.17, 15) is 14.4 Å². The molecule has 1 aliphatic heterocycles. The van der Waals surface area contributed by atoms with Crippen LogP contribution in [-0.2, 0) is 27.3 Å². The van der Waals surface area contributed by atoms with E-state index in [1.807, 2.05) is 0 Å². The summed E-state index contributed by atoms with van der Waals surface area (Å²) in [5.74, 6) is -1.10. The van der Waals surface area contributed by atoms with Crippen LogP contribution < -0.4 is 0 Å². The Morgan fingerprint density at radius 2 is 1.81 bits per heavy atom. The van der Waals surface area contributed by atoms with Crippen molar-refractivity contribution < 1.29 is 19.5 Å². The highest BCUT2D eigenvalue weighted by molar-refractivity contribution is 5.77. The number of hydrogen-bond donors (Lipinski definition) is 1. The predicted octanol–water partition coefficient (Wildman–Crippen LogP) is -1.40. The molecule has 1 aromatic rings. The van der Waals surface area contributed by atoms with Crippen LogP contribution in [0.15, 0.2) is 6.20 Å². The third kappa shape index (κ3) is 4.01. The van der Waals surface area contributed by atoms with Gasteiger partial charge < -0.3 is 14.9 Å². The molecule has 1 fully saturated rings. The van der Waals surface area contributed by atoms with Crippen molar-refractivity contribution in [3.63, 3.8) is 0 Å². The molecular weight excluding hydrogens is 278 g/mol. The lowest BCUT2D eigenvalue weighted by molar-refractivity contribution is -0.138. The van der Waals surface area contributed by atoms with Crippen LogP contribution in [0.2, 0.25) is 0 Å². The van der Waals surface area contributed by atoms with Crippen molar-refractivity contribution in [2.45, 2.75) is 19.9 Å². The van der Waals surface area contributed by atoms with E-state index in [0.717, 1.165) is 0 Å². The zero-order valence-electron chi connectivity index (χ0n) is 11.7. The first-order chi connectivity index (χ1) is 9.95. The molecule has 0 unspecified atom stereocenters. The molecule has 21 heavy (non-hydrogen) atoms. The fourth-order valence-corrected chi connectivity index (χ4v) is 2.16. The molecule has 0 aromatic carbocycles. The maximum Gasteiger partial charge on any atom is 0.309 e. The van der Waals surface area contributed by atoms with Gasteiger partial charge in [-0.25, -0.2) is 4.68 Å². The number of amides is 2. The lowest BCUT2D eigenvalue weighted by Gasteiger charge is -2.34. The topological polar surface area (TPSA) is 109 Å². The monoisotopic (exact) mass is 295 g/mol. The molecule has 0 aliphatic carbocycles. The quantitative estimate of drug-likeness (QED) is 0.731. The van der Waals surface area contributed by atoms with Gasteiger partial charge in [-0.3, -0.25) is 14.4 Å². The largest absolute Gasteiger partial charge is 0.481 e. The van der Waals surface area contributed by atoms with E-state index in [1.54, 1.807) is 9.80 Å². The summed E-state index contributed by atoms with van der Waals surface area (Å²) in [4.78, 5) is 37.2. The van der Waals surface area contributed by atoms with Gasteiger partial charge in [0, 0.05) is 39.3 Å². The molecule has 1 saturated heterocycles. The van der Waals surface area contributed by atoms with E-state index < -0.39 is 5.97 Å². The van der Waals surface area contributed by atoms with Gasteiger partial charge in [0.25, 0.3) is 0 Å². The molecule has 0 atom stereocenters. The van der Waals surface area contributed by atoms with Crippen LogP contribution in [0, 0.1) is 0 Å². The molecule has 0 spiro atoms. The molecule has 1 aliphatic rings. The van der Waals surface area contributed by atoms with Crippen LogP contribution in [0.4, 0.5) is 0 Å². The van der Waals surface area contributed by atoms with Gasteiger partial charge in [0.1, 0.15) is 6.54 Å². The normalized spacial score (nSPS) is 15.1. The van der Waals surface area contributed by atoms with E-state index in [0.29, 0.717) is 31.9 Å². The minimum atomic E-state index is -0.992. The van der Waals surface area contributed by atoms with Gasteiger partial charge in [-0.1, -0.05) is 5.21 Å². The van der Waals surface area contributed by atoms with E-state index in [-0.39, 0.29) is 24.8 Å². The van der Waals surface area contributed by atoms with Crippen molar-refractivity contribution in [2.75, 3.05) is 26.2 Å². The molecule has 1 aromatic heterocycles. The van der Waals surface area contributed by atoms with Crippen LogP contribution in [-0.4, -0.2) is 73.9 Å². The Bertz CT molecular complexity index is 548. The Morgan fingerprint density at radius 3 is 2.38 bits per heavy atom. The van der Waals surface area contributed by atoms with Crippen molar-refractivity contribution in [1.82, 2.24) is 24.8 Å². The highest BCUT2D eigenvalue weighted by Gasteiger charge is 2.22. The molecule has 1 N–H and O–H groups in total. The summed E-state index contributed by atoms with van der Waals surface area (Å²) in [7, 11) is 0. The summed E-state index contributed by atoms with van der Waals surface area (Å²) in [6, 6.07) is 0. The lowest BCUT2D eigenvalue weighted by Crippen LogP contribution is -2.50. The minimum absolute atomic E-state index is 0.0108. The third-order valence-corrected chi connectivity index (χ3v) is 3.29. The maximum atomic E-state index is 12.1. The van der Waals surface area contributed by atoms with Gasteiger partial charge >= 0.3 is 5.97 Å². The van der Waals surface area contributed by atoms with Gasteiger partial charge in [0.05, 0.1) is 12.1 Å². The lowest BCUT2D eigenvalue weighted by atomic mass is 10.3. The van der Waals surface area contributed by atoms with Gasteiger partial charge in [-0.15, -0.1) is 5.10 Å². The zero-order valence-corrected chi connectivity index (χ0v) is 11.7. The molecule has 0 saturated carbocycles. The molecule has 0 bridgehead atoms. The number of nitrogens with zero attached hydrogens (tertiary/aromatic N) is 5. The van der Waals surface area contributed by atoms with Crippen molar-refractivity contribution >= 4 is 17.8 Å². The highest BCUT2D eigenvalue weighted by Crippen LogP contribution is 2.04. The zero-order chi connectivity index (χ0) is 15.4. The Morgan fingerprint density at radius 1 is 1.19 bits per heavy atom. The Hall–Kier alpha value is -2.45. The molecule has 2 heterocycles. The number of rotatable bonds is 4. The van der Waals surface area contributed by atoms with Crippen LogP contribution in [0.25, 0.3) is 0 Å². The molecule has 2 rings (SSSR count). The van der Waals surface area contributed by atoms with E-state index in [2.05, 4.69) is 10.3 Å². The van der Waals surface area contributed by atoms with Crippen molar-refractivity contribution in [3.8, 4) is 0 Å². The number of aromatic nitrogens is 3. The summed E-state index contributed by atoms with van der Waals surface area (Å²) in [6.45, 7) is 3.58. The Labute approximate surface area is 121 Å². The Balaban J connectivity index is 1.86. The first-order valence-corrected chi connectivity index (χ1v) is 6.60. The first-order valence-electron chi connectivity index (χ1n) is 6.60. The van der Waals surface area contributed by atoms with Crippen molar-refractivity contribution in [3.05, 3.63) is 11.9 Å². The number of hydrogen-bond acceptors (Lipinski definition) is 5. The molecule has 2 amide bonds. The maximum absolute atomic E-state index is 12.1. The van der Waals surface area contributed by atoms with E-state index in [4.69, 9.17) is 5.11 Å². The van der Waals surface area contributed by atoms with Crippen LogP contribution >= 0.6 is 0 Å². The van der Waals surface area contributed by atoms with Gasteiger partial charge in [0.2, 0.25) is 11.8 Å². The SMILES string of the molecule is CC(=O)N1CCN(C(=O)Cn2cc(CC(=O)O)nn2)CC1. The van der Waals surface area contributed by atoms with Crippen molar-refractivity contribution in [1.29, 1.82) is 0 Å². The number of carboxylic acids is 1. The second-order valence-electron chi connectivity index (χ2n) is 4.86. The highest BCUT2D eigenvalue weighted by atomic mass is 16.4. The minimum Gasteiger partial charge on any atom is -0.481 e. The Kier molecular flexibility index (Phi) is 4.51. The van der Waals surface area contributed by atoms with E-state index in [1.165, 1.54) is 17.8 Å².